The largest absolute Gasteiger partial charge is 0.368 e. The third-order valence-electron chi connectivity index (χ3n) is 3.91. The molecular weight excluding hydrogens is 292 g/mol. The maximum absolute atomic E-state index is 12.5. The van der Waals surface area contributed by atoms with Crippen LogP contribution in [-0.2, 0) is 11.3 Å². The van der Waals surface area contributed by atoms with Crippen molar-refractivity contribution >= 4 is 11.8 Å². The number of hydrogen-bond donors (Lipinski definition) is 2. The summed E-state index contributed by atoms with van der Waals surface area (Å²) in [7, 11) is 0. The quantitative estimate of drug-likeness (QED) is 0.877. The number of pyridine rings is 1. The first-order valence-electron chi connectivity index (χ1n) is 7.41. The van der Waals surface area contributed by atoms with Crippen LogP contribution in [0, 0.1) is 13.8 Å². The van der Waals surface area contributed by atoms with Crippen molar-refractivity contribution in [3.8, 4) is 0 Å². The van der Waals surface area contributed by atoms with E-state index in [2.05, 4.69) is 10.3 Å². The van der Waals surface area contributed by atoms with Gasteiger partial charge in [0.15, 0.2) is 0 Å². The van der Waals surface area contributed by atoms with Crippen LogP contribution in [0.3, 0.4) is 0 Å². The van der Waals surface area contributed by atoms with Crippen molar-refractivity contribution in [1.29, 1.82) is 0 Å². The highest BCUT2D eigenvalue weighted by atomic mass is 16.2. The number of rotatable bonds is 5. The van der Waals surface area contributed by atoms with Crippen LogP contribution in [-0.4, -0.2) is 26.9 Å². The van der Waals surface area contributed by atoms with Crippen molar-refractivity contribution in [2.45, 2.75) is 39.8 Å². The first kappa shape index (κ1) is 16.7. The molecule has 0 unspecified atom stereocenters. The number of nitrogens with two attached hydrogens (primary N) is 1. The van der Waals surface area contributed by atoms with Gasteiger partial charge in [-0.2, -0.15) is 0 Å². The third-order valence-corrected chi connectivity index (χ3v) is 3.91. The fourth-order valence-electron chi connectivity index (χ4n) is 2.34. The normalized spacial score (nSPS) is 11.3. The lowest BCUT2D eigenvalue weighted by Gasteiger charge is -2.22. The lowest BCUT2D eigenvalue weighted by Crippen LogP contribution is -2.53. The second-order valence-electron chi connectivity index (χ2n) is 6.14. The Hall–Kier alpha value is -2.63. The SMILES string of the molecule is Cc1cc(C(=O)NC(C)(C)C(N)=O)c(C)n1Cc1ccccn1. The number of aryl methyl sites for hydroxylation is 1. The fraction of sp³-hybridized carbons (Fsp3) is 0.353. The highest BCUT2D eigenvalue weighted by Crippen LogP contribution is 2.17. The molecule has 0 atom stereocenters. The summed E-state index contributed by atoms with van der Waals surface area (Å²) in [5.41, 5.74) is 7.44. The zero-order chi connectivity index (χ0) is 17.2. The Morgan fingerprint density at radius 1 is 1.30 bits per heavy atom. The Labute approximate surface area is 135 Å². The maximum Gasteiger partial charge on any atom is 0.253 e. The number of hydrogen-bond acceptors (Lipinski definition) is 3. The highest BCUT2D eigenvalue weighted by Gasteiger charge is 2.28. The van der Waals surface area contributed by atoms with Crippen LogP contribution < -0.4 is 11.1 Å². The first-order valence-corrected chi connectivity index (χ1v) is 7.41. The Kier molecular flexibility index (Phi) is 4.54. The van der Waals surface area contributed by atoms with Gasteiger partial charge >= 0.3 is 0 Å². The van der Waals surface area contributed by atoms with E-state index in [9.17, 15) is 9.59 Å². The Bertz CT molecular complexity index is 733. The number of carbonyl (C=O) groups excluding carboxylic acids is 2. The Morgan fingerprint density at radius 3 is 2.57 bits per heavy atom. The minimum absolute atomic E-state index is 0.311. The summed E-state index contributed by atoms with van der Waals surface area (Å²) >= 11 is 0. The second-order valence-corrected chi connectivity index (χ2v) is 6.14. The number of aromatic nitrogens is 2. The van der Waals surface area contributed by atoms with Gasteiger partial charge in [-0.25, -0.2) is 0 Å². The Balaban J connectivity index is 2.27. The van der Waals surface area contributed by atoms with Crippen molar-refractivity contribution in [2.75, 3.05) is 0 Å². The molecule has 0 aliphatic rings. The van der Waals surface area contributed by atoms with Gasteiger partial charge < -0.3 is 15.6 Å². The summed E-state index contributed by atoms with van der Waals surface area (Å²) in [6.45, 7) is 7.57. The van der Waals surface area contributed by atoms with Gasteiger partial charge in [-0.15, -0.1) is 0 Å². The molecule has 0 saturated carbocycles. The molecule has 2 aromatic rings. The lowest BCUT2D eigenvalue weighted by atomic mass is 10.0. The molecule has 2 heterocycles. The highest BCUT2D eigenvalue weighted by molar-refractivity contribution is 5.99. The fourth-order valence-corrected chi connectivity index (χ4v) is 2.34. The van der Waals surface area contributed by atoms with E-state index in [1.807, 2.05) is 42.7 Å². The van der Waals surface area contributed by atoms with E-state index in [0.29, 0.717) is 12.1 Å². The van der Waals surface area contributed by atoms with E-state index in [-0.39, 0.29) is 5.91 Å². The van der Waals surface area contributed by atoms with E-state index in [1.54, 1.807) is 20.0 Å². The molecule has 3 N–H and O–H groups in total. The molecule has 0 aliphatic heterocycles. The maximum atomic E-state index is 12.5. The van der Waals surface area contributed by atoms with E-state index in [4.69, 9.17) is 5.73 Å². The number of primary amides is 1. The topological polar surface area (TPSA) is 90.0 Å². The van der Waals surface area contributed by atoms with Crippen LogP contribution in [0.1, 0.15) is 41.3 Å². The zero-order valence-electron chi connectivity index (χ0n) is 13.9. The minimum atomic E-state index is -1.10. The summed E-state index contributed by atoms with van der Waals surface area (Å²) < 4.78 is 2.02. The van der Waals surface area contributed by atoms with Gasteiger partial charge in [-0.3, -0.25) is 14.6 Å². The summed E-state index contributed by atoms with van der Waals surface area (Å²) in [4.78, 5) is 28.1. The smallest absolute Gasteiger partial charge is 0.253 e. The van der Waals surface area contributed by atoms with Crippen molar-refractivity contribution < 1.29 is 9.59 Å². The zero-order valence-corrected chi connectivity index (χ0v) is 13.9. The molecule has 0 bridgehead atoms. The van der Waals surface area contributed by atoms with E-state index >= 15 is 0 Å². The molecule has 122 valence electrons. The van der Waals surface area contributed by atoms with Crippen molar-refractivity contribution in [1.82, 2.24) is 14.9 Å². The summed E-state index contributed by atoms with van der Waals surface area (Å²) in [6, 6.07) is 7.54. The van der Waals surface area contributed by atoms with Crippen LogP contribution in [0.15, 0.2) is 30.5 Å². The molecule has 2 rings (SSSR count). The lowest BCUT2D eigenvalue weighted by molar-refractivity contribution is -0.122. The summed E-state index contributed by atoms with van der Waals surface area (Å²) in [5, 5.41) is 2.67. The van der Waals surface area contributed by atoms with Gasteiger partial charge in [-0.05, 0) is 45.9 Å². The molecule has 0 spiro atoms. The monoisotopic (exact) mass is 314 g/mol. The number of amides is 2. The van der Waals surface area contributed by atoms with Gasteiger partial charge in [0.1, 0.15) is 5.54 Å². The summed E-state index contributed by atoms with van der Waals surface area (Å²) in [6.07, 6.45) is 1.74. The molecule has 0 fully saturated rings. The predicted molar refractivity (Wildman–Crippen MR) is 88.0 cm³/mol. The van der Waals surface area contributed by atoms with Crippen LogP contribution in [0.4, 0.5) is 0 Å². The molecule has 6 heteroatoms. The molecular formula is C17H22N4O2. The van der Waals surface area contributed by atoms with Crippen LogP contribution >= 0.6 is 0 Å². The van der Waals surface area contributed by atoms with Crippen molar-refractivity contribution in [3.63, 3.8) is 0 Å². The van der Waals surface area contributed by atoms with Gasteiger partial charge in [0, 0.05) is 17.6 Å². The molecule has 0 aromatic carbocycles. The van der Waals surface area contributed by atoms with Gasteiger partial charge in [0.2, 0.25) is 5.91 Å². The van der Waals surface area contributed by atoms with Gasteiger partial charge in [0.25, 0.3) is 5.91 Å². The van der Waals surface area contributed by atoms with E-state index in [0.717, 1.165) is 17.1 Å². The third kappa shape index (κ3) is 3.59. The van der Waals surface area contributed by atoms with Gasteiger partial charge in [-0.1, -0.05) is 6.07 Å². The van der Waals surface area contributed by atoms with Gasteiger partial charge in [0.05, 0.1) is 17.8 Å². The molecule has 23 heavy (non-hydrogen) atoms. The first-order chi connectivity index (χ1) is 10.7. The number of nitrogens with one attached hydrogen (secondary N) is 1. The summed E-state index contributed by atoms with van der Waals surface area (Å²) in [5.74, 6) is -0.887. The molecule has 0 saturated heterocycles. The predicted octanol–water partition coefficient (Wildman–Crippen LogP) is 1.54. The molecule has 6 nitrogen and oxygen atoms in total. The number of carbonyl (C=O) groups is 2. The van der Waals surface area contributed by atoms with Crippen LogP contribution in [0.5, 0.6) is 0 Å². The second kappa shape index (κ2) is 6.24. The average Bonchev–Trinajstić information content (AvgIpc) is 2.76. The van der Waals surface area contributed by atoms with Crippen molar-refractivity contribution in [2.24, 2.45) is 5.73 Å². The van der Waals surface area contributed by atoms with Crippen molar-refractivity contribution in [3.05, 3.63) is 53.1 Å². The van der Waals surface area contributed by atoms with Crippen LogP contribution in [0.25, 0.3) is 0 Å². The van der Waals surface area contributed by atoms with Crippen LogP contribution in [0.2, 0.25) is 0 Å². The average molecular weight is 314 g/mol. The standard InChI is InChI=1S/C17H22N4O2/c1-11-9-14(15(22)20-17(3,4)16(18)23)12(2)21(11)10-13-7-5-6-8-19-13/h5-9H,10H2,1-4H3,(H2,18,23)(H,20,22). The Morgan fingerprint density at radius 2 is 2.00 bits per heavy atom. The molecule has 2 amide bonds. The molecule has 0 radical (unpaired) electrons. The molecule has 0 aliphatic carbocycles. The van der Waals surface area contributed by atoms with E-state index < -0.39 is 11.4 Å². The van der Waals surface area contributed by atoms with E-state index in [1.165, 1.54) is 0 Å². The number of nitrogens with zero attached hydrogens (tertiary/aromatic N) is 2. The minimum Gasteiger partial charge on any atom is -0.368 e. The molecule has 2 aromatic heterocycles.